The van der Waals surface area contributed by atoms with Crippen molar-refractivity contribution >= 4 is 17.6 Å². The van der Waals surface area contributed by atoms with Gasteiger partial charge in [-0.2, -0.15) is 0 Å². The van der Waals surface area contributed by atoms with Gasteiger partial charge in [-0.15, -0.1) is 0 Å². The highest BCUT2D eigenvalue weighted by molar-refractivity contribution is 5.97. The molecule has 1 aliphatic carbocycles. The first-order chi connectivity index (χ1) is 10.6. The third kappa shape index (κ3) is 3.05. The van der Waals surface area contributed by atoms with E-state index in [0.29, 0.717) is 30.5 Å². The molecule has 1 saturated heterocycles. The van der Waals surface area contributed by atoms with Gasteiger partial charge in [-0.25, -0.2) is 4.98 Å². The lowest BCUT2D eigenvalue weighted by Gasteiger charge is -2.40. The molecule has 1 aromatic rings. The third-order valence-corrected chi connectivity index (χ3v) is 4.59. The van der Waals surface area contributed by atoms with Gasteiger partial charge >= 0.3 is 0 Å². The van der Waals surface area contributed by atoms with Crippen LogP contribution in [0.2, 0.25) is 0 Å². The zero-order valence-corrected chi connectivity index (χ0v) is 12.7. The minimum absolute atomic E-state index is 0.0635. The number of hydrogen-bond donors (Lipinski definition) is 1. The predicted octanol–water partition coefficient (Wildman–Crippen LogP) is 1.28. The van der Waals surface area contributed by atoms with E-state index in [-0.39, 0.29) is 18.4 Å². The van der Waals surface area contributed by atoms with Gasteiger partial charge in [0.2, 0.25) is 5.91 Å². The molecule has 118 valence electrons. The molecule has 6 nitrogen and oxygen atoms in total. The summed E-state index contributed by atoms with van der Waals surface area (Å²) in [5, 5.41) is 0. The lowest BCUT2D eigenvalue weighted by atomic mass is 9.93. The average molecular weight is 302 g/mol. The molecular weight excluding hydrogens is 280 g/mol. The largest absolute Gasteiger partial charge is 0.384 e. The van der Waals surface area contributed by atoms with Crippen LogP contribution in [-0.4, -0.2) is 52.3 Å². The molecule has 2 amide bonds. The van der Waals surface area contributed by atoms with Crippen molar-refractivity contribution in [2.75, 3.05) is 25.4 Å². The minimum Gasteiger partial charge on any atom is -0.384 e. The van der Waals surface area contributed by atoms with Crippen LogP contribution in [0, 0.1) is 0 Å². The zero-order chi connectivity index (χ0) is 15.5. The third-order valence-electron chi connectivity index (χ3n) is 4.59. The Morgan fingerprint density at radius 1 is 1.23 bits per heavy atom. The Labute approximate surface area is 130 Å². The number of nitrogens with zero attached hydrogens (tertiary/aromatic N) is 3. The number of rotatable bonds is 2. The first-order valence-electron chi connectivity index (χ1n) is 7.95. The van der Waals surface area contributed by atoms with Crippen molar-refractivity contribution in [3.8, 4) is 0 Å². The Kier molecular flexibility index (Phi) is 4.27. The van der Waals surface area contributed by atoms with E-state index in [0.717, 1.165) is 12.8 Å². The van der Waals surface area contributed by atoms with Gasteiger partial charge in [0.25, 0.3) is 5.91 Å². The number of hydrogen-bond acceptors (Lipinski definition) is 4. The Morgan fingerprint density at radius 3 is 2.68 bits per heavy atom. The summed E-state index contributed by atoms with van der Waals surface area (Å²) in [7, 11) is 0. The second-order valence-corrected chi connectivity index (χ2v) is 6.08. The average Bonchev–Trinajstić information content (AvgIpc) is 2.55. The Bertz CT molecular complexity index is 569. The van der Waals surface area contributed by atoms with Gasteiger partial charge in [-0.05, 0) is 25.0 Å². The summed E-state index contributed by atoms with van der Waals surface area (Å²) in [6, 6.07) is 3.56. The standard InChI is InChI=1S/C16H22N4O2/c17-14-10-12(6-7-18-14)16(22)19-8-9-20(15(21)11-19)13-4-2-1-3-5-13/h6-7,10,13H,1-5,8-9,11H2,(H2,17,18). The number of pyridine rings is 1. The Hall–Kier alpha value is -2.11. The minimum atomic E-state index is -0.147. The van der Waals surface area contributed by atoms with Crippen LogP contribution in [0.5, 0.6) is 0 Å². The van der Waals surface area contributed by atoms with Gasteiger partial charge in [-0.1, -0.05) is 19.3 Å². The molecule has 1 saturated carbocycles. The van der Waals surface area contributed by atoms with Crippen molar-refractivity contribution in [2.24, 2.45) is 0 Å². The monoisotopic (exact) mass is 302 g/mol. The van der Waals surface area contributed by atoms with E-state index in [1.54, 1.807) is 17.0 Å². The molecule has 0 aromatic carbocycles. The van der Waals surface area contributed by atoms with E-state index < -0.39 is 0 Å². The molecule has 0 unspecified atom stereocenters. The zero-order valence-electron chi connectivity index (χ0n) is 12.7. The van der Waals surface area contributed by atoms with E-state index in [1.807, 2.05) is 4.90 Å². The maximum Gasteiger partial charge on any atom is 0.254 e. The Morgan fingerprint density at radius 2 is 2.00 bits per heavy atom. The number of nitrogen functional groups attached to an aromatic ring is 1. The summed E-state index contributed by atoms with van der Waals surface area (Å²) < 4.78 is 0. The molecule has 2 N–H and O–H groups in total. The molecule has 6 heteroatoms. The summed E-state index contributed by atoms with van der Waals surface area (Å²) in [6.07, 6.45) is 7.39. The van der Waals surface area contributed by atoms with Crippen LogP contribution >= 0.6 is 0 Å². The van der Waals surface area contributed by atoms with Crippen LogP contribution in [0.15, 0.2) is 18.3 Å². The maximum atomic E-state index is 12.5. The van der Waals surface area contributed by atoms with Gasteiger partial charge in [-0.3, -0.25) is 9.59 Å². The Balaban J connectivity index is 1.64. The molecule has 0 atom stereocenters. The quantitative estimate of drug-likeness (QED) is 0.892. The van der Waals surface area contributed by atoms with Crippen molar-refractivity contribution in [3.05, 3.63) is 23.9 Å². The number of anilines is 1. The highest BCUT2D eigenvalue weighted by Crippen LogP contribution is 2.24. The summed E-state index contributed by atoms with van der Waals surface area (Å²) in [4.78, 5) is 32.3. The van der Waals surface area contributed by atoms with Crippen LogP contribution in [0.3, 0.4) is 0 Å². The number of carbonyl (C=O) groups excluding carboxylic acids is 2. The van der Waals surface area contributed by atoms with E-state index in [4.69, 9.17) is 5.73 Å². The summed E-state index contributed by atoms with van der Waals surface area (Å²) >= 11 is 0. The van der Waals surface area contributed by atoms with Crippen molar-refractivity contribution in [2.45, 2.75) is 38.1 Å². The number of nitrogens with two attached hydrogens (primary N) is 1. The molecule has 1 aliphatic heterocycles. The molecule has 0 bridgehead atoms. The molecule has 0 radical (unpaired) electrons. The fourth-order valence-electron chi connectivity index (χ4n) is 3.40. The van der Waals surface area contributed by atoms with Crippen molar-refractivity contribution in [1.29, 1.82) is 0 Å². The predicted molar refractivity (Wildman–Crippen MR) is 83.1 cm³/mol. The van der Waals surface area contributed by atoms with Gasteiger partial charge < -0.3 is 15.5 Å². The molecule has 0 spiro atoms. The second kappa shape index (κ2) is 6.34. The van der Waals surface area contributed by atoms with Gasteiger partial charge in [0.05, 0.1) is 0 Å². The van der Waals surface area contributed by atoms with Crippen molar-refractivity contribution in [3.63, 3.8) is 0 Å². The SMILES string of the molecule is Nc1cc(C(=O)N2CCN(C3CCCCC3)C(=O)C2)ccn1. The van der Waals surface area contributed by atoms with E-state index in [1.165, 1.54) is 25.5 Å². The van der Waals surface area contributed by atoms with E-state index in [9.17, 15) is 9.59 Å². The summed E-state index contributed by atoms with van der Waals surface area (Å²) in [5.41, 5.74) is 6.11. The molecule has 2 fully saturated rings. The highest BCUT2D eigenvalue weighted by atomic mass is 16.2. The first-order valence-corrected chi connectivity index (χ1v) is 7.95. The first kappa shape index (κ1) is 14.8. The number of aromatic nitrogens is 1. The maximum absolute atomic E-state index is 12.5. The summed E-state index contributed by atoms with van der Waals surface area (Å²) in [6.45, 7) is 1.39. The van der Waals surface area contributed by atoms with Crippen LogP contribution < -0.4 is 5.73 Å². The lowest BCUT2D eigenvalue weighted by Crippen LogP contribution is -2.55. The summed E-state index contributed by atoms with van der Waals surface area (Å²) in [5.74, 6) is 0.234. The van der Waals surface area contributed by atoms with E-state index >= 15 is 0 Å². The number of amides is 2. The van der Waals surface area contributed by atoms with Crippen LogP contribution in [-0.2, 0) is 4.79 Å². The molecule has 3 rings (SSSR count). The number of piperazine rings is 1. The van der Waals surface area contributed by atoms with Crippen LogP contribution in [0.4, 0.5) is 5.82 Å². The fourth-order valence-corrected chi connectivity index (χ4v) is 3.40. The number of carbonyl (C=O) groups is 2. The lowest BCUT2D eigenvalue weighted by molar-refractivity contribution is -0.138. The van der Waals surface area contributed by atoms with Gasteiger partial charge in [0.15, 0.2) is 0 Å². The van der Waals surface area contributed by atoms with Gasteiger partial charge in [0.1, 0.15) is 12.4 Å². The van der Waals surface area contributed by atoms with Crippen LogP contribution in [0.25, 0.3) is 0 Å². The second-order valence-electron chi connectivity index (χ2n) is 6.08. The molecule has 1 aromatic heterocycles. The van der Waals surface area contributed by atoms with Gasteiger partial charge in [0, 0.05) is 30.9 Å². The van der Waals surface area contributed by atoms with Crippen molar-refractivity contribution < 1.29 is 9.59 Å². The van der Waals surface area contributed by atoms with E-state index in [2.05, 4.69) is 4.98 Å². The normalized spacial score (nSPS) is 20.3. The smallest absolute Gasteiger partial charge is 0.254 e. The highest BCUT2D eigenvalue weighted by Gasteiger charge is 2.32. The molecule has 2 aliphatic rings. The van der Waals surface area contributed by atoms with Crippen LogP contribution in [0.1, 0.15) is 42.5 Å². The molecular formula is C16H22N4O2. The van der Waals surface area contributed by atoms with Crippen molar-refractivity contribution in [1.82, 2.24) is 14.8 Å². The topological polar surface area (TPSA) is 79.5 Å². The fraction of sp³-hybridized carbons (Fsp3) is 0.562. The molecule has 2 heterocycles. The molecule has 22 heavy (non-hydrogen) atoms.